The van der Waals surface area contributed by atoms with Crippen LogP contribution in [0.4, 0.5) is 11.9 Å². The molecular weight excluding hydrogens is 396 g/mol. The summed E-state index contributed by atoms with van der Waals surface area (Å²) in [5, 5.41) is 8.67. The molecule has 3 aromatic rings. The number of aromatic nitrogens is 6. The third-order valence-electron chi connectivity index (χ3n) is 5.28. The van der Waals surface area contributed by atoms with Crippen molar-refractivity contribution in [2.24, 2.45) is 0 Å². The molecule has 0 radical (unpaired) electrons. The lowest BCUT2D eigenvalue weighted by Gasteiger charge is -2.27. The summed E-state index contributed by atoms with van der Waals surface area (Å²) >= 11 is 0. The molecule has 10 nitrogen and oxygen atoms in total. The molecule has 11 heteroatoms. The summed E-state index contributed by atoms with van der Waals surface area (Å²) in [7, 11) is 0. The van der Waals surface area contributed by atoms with Crippen LogP contribution in [0.2, 0.25) is 0 Å². The van der Waals surface area contributed by atoms with Crippen LogP contribution in [0.3, 0.4) is 0 Å². The predicted molar refractivity (Wildman–Crippen MR) is 110 cm³/mol. The van der Waals surface area contributed by atoms with Gasteiger partial charge in [0, 0.05) is 50.2 Å². The molecule has 3 aromatic heterocycles. The highest BCUT2D eigenvalue weighted by Gasteiger charge is 2.26. The van der Waals surface area contributed by atoms with E-state index in [0.29, 0.717) is 25.1 Å². The van der Waals surface area contributed by atoms with E-state index in [0.717, 1.165) is 67.1 Å². The van der Waals surface area contributed by atoms with Gasteiger partial charge in [0.15, 0.2) is 5.65 Å². The van der Waals surface area contributed by atoms with E-state index in [9.17, 15) is 0 Å². The zero-order valence-electron chi connectivity index (χ0n) is 15.9. The van der Waals surface area contributed by atoms with Crippen molar-refractivity contribution in [1.82, 2.24) is 30.1 Å². The molecule has 2 aliphatic rings. The van der Waals surface area contributed by atoms with E-state index >= 15 is 0 Å². The second-order valence-electron chi connectivity index (χ2n) is 7.02. The Labute approximate surface area is 173 Å². The van der Waals surface area contributed by atoms with E-state index in [1.54, 1.807) is 12.4 Å². The molecule has 2 aliphatic heterocycles. The first-order valence-electron chi connectivity index (χ1n) is 9.54. The number of rotatable bonds is 3. The van der Waals surface area contributed by atoms with Gasteiger partial charge in [-0.05, 0) is 12.8 Å². The predicted octanol–water partition coefficient (Wildman–Crippen LogP) is 1.54. The monoisotopic (exact) mass is 418 g/mol. The molecule has 0 aliphatic carbocycles. The quantitative estimate of drug-likeness (QED) is 0.650. The number of H-pyrrole nitrogens is 1. The number of halogens is 1. The fourth-order valence-electron chi connectivity index (χ4n) is 3.78. The summed E-state index contributed by atoms with van der Waals surface area (Å²) < 4.78 is 11.0. The van der Waals surface area contributed by atoms with Crippen molar-refractivity contribution < 1.29 is 9.47 Å². The van der Waals surface area contributed by atoms with Crippen LogP contribution in [0.1, 0.15) is 24.5 Å². The van der Waals surface area contributed by atoms with Crippen molar-refractivity contribution in [1.29, 1.82) is 0 Å². The molecule has 0 atom stereocenters. The van der Waals surface area contributed by atoms with Gasteiger partial charge in [-0.15, -0.1) is 12.4 Å². The number of nitrogens with two attached hydrogens (primary N) is 1. The molecule has 29 heavy (non-hydrogen) atoms. The van der Waals surface area contributed by atoms with Crippen molar-refractivity contribution in [2.45, 2.75) is 18.8 Å². The molecule has 5 rings (SSSR count). The van der Waals surface area contributed by atoms with Crippen LogP contribution in [-0.2, 0) is 9.47 Å². The normalized spacial score (nSPS) is 18.0. The Kier molecular flexibility index (Phi) is 5.74. The number of ether oxygens (including phenoxy) is 2. The minimum absolute atomic E-state index is 0. The number of hydrogen-bond acceptors (Lipinski definition) is 9. The van der Waals surface area contributed by atoms with Gasteiger partial charge in [0.2, 0.25) is 11.9 Å². The van der Waals surface area contributed by atoms with Gasteiger partial charge >= 0.3 is 0 Å². The molecule has 3 N–H and O–H groups in total. The topological polar surface area (TPSA) is 128 Å². The lowest BCUT2D eigenvalue weighted by atomic mass is 9.93. The summed E-state index contributed by atoms with van der Waals surface area (Å²) in [5.41, 5.74) is 8.97. The standard InChI is InChI=1S/C18H22N8O2.ClH/c19-17-20-9-12(10-21-17)14-13-15(11-1-5-27-6-2-11)24-25-16(13)23-18(22-14)26-3-7-28-8-4-26;/h9-11H,1-8H2,(H2,19,20,21)(H,22,23,24,25);1H. The van der Waals surface area contributed by atoms with Crippen LogP contribution in [0.25, 0.3) is 22.3 Å². The van der Waals surface area contributed by atoms with Gasteiger partial charge in [0.25, 0.3) is 0 Å². The summed E-state index contributed by atoms with van der Waals surface area (Å²) in [6, 6.07) is 0. The van der Waals surface area contributed by atoms with Crippen molar-refractivity contribution >= 4 is 35.3 Å². The maximum absolute atomic E-state index is 5.68. The number of nitrogen functional groups attached to an aromatic ring is 1. The van der Waals surface area contributed by atoms with Crippen molar-refractivity contribution in [3.63, 3.8) is 0 Å². The number of nitrogens with zero attached hydrogens (tertiary/aromatic N) is 6. The third kappa shape index (κ3) is 3.83. The first-order chi connectivity index (χ1) is 13.8. The average molecular weight is 419 g/mol. The van der Waals surface area contributed by atoms with Gasteiger partial charge in [0.05, 0.1) is 30.0 Å². The smallest absolute Gasteiger partial charge is 0.228 e. The van der Waals surface area contributed by atoms with E-state index in [1.807, 2.05) is 0 Å². The molecule has 0 aromatic carbocycles. The number of morpholine rings is 1. The summed E-state index contributed by atoms with van der Waals surface area (Å²) in [5.74, 6) is 1.21. The minimum Gasteiger partial charge on any atom is -0.381 e. The van der Waals surface area contributed by atoms with Crippen LogP contribution in [0.15, 0.2) is 12.4 Å². The van der Waals surface area contributed by atoms with E-state index in [1.165, 1.54) is 0 Å². The Morgan fingerprint density at radius 1 is 1.00 bits per heavy atom. The first-order valence-corrected chi connectivity index (χ1v) is 9.54. The SMILES string of the molecule is Cl.Nc1ncc(-c2nc(N3CCOCC3)nc3[nH]nc(C4CCOCC4)c23)cn1. The largest absolute Gasteiger partial charge is 0.381 e. The highest BCUT2D eigenvalue weighted by atomic mass is 35.5. The summed E-state index contributed by atoms with van der Waals surface area (Å²) in [6.45, 7) is 4.32. The van der Waals surface area contributed by atoms with Crippen molar-refractivity contribution in [3.8, 4) is 11.3 Å². The van der Waals surface area contributed by atoms with E-state index in [-0.39, 0.29) is 18.4 Å². The van der Waals surface area contributed by atoms with Gasteiger partial charge in [-0.25, -0.2) is 15.0 Å². The Morgan fingerprint density at radius 3 is 2.41 bits per heavy atom. The van der Waals surface area contributed by atoms with Crippen LogP contribution in [-0.4, -0.2) is 69.7 Å². The molecule has 2 saturated heterocycles. The van der Waals surface area contributed by atoms with E-state index in [2.05, 4.69) is 25.1 Å². The lowest BCUT2D eigenvalue weighted by molar-refractivity contribution is 0.0847. The van der Waals surface area contributed by atoms with E-state index < -0.39 is 0 Å². The van der Waals surface area contributed by atoms with Crippen LogP contribution >= 0.6 is 12.4 Å². The summed E-state index contributed by atoms with van der Waals surface area (Å²) in [6.07, 6.45) is 5.27. The second-order valence-corrected chi connectivity index (χ2v) is 7.02. The Hall–Kier alpha value is -2.56. The zero-order chi connectivity index (χ0) is 18.9. The number of hydrogen-bond donors (Lipinski definition) is 2. The van der Waals surface area contributed by atoms with Gasteiger partial charge in [-0.1, -0.05) is 0 Å². The van der Waals surface area contributed by atoms with E-state index in [4.69, 9.17) is 25.2 Å². The Balaban J connectivity index is 0.00000205. The summed E-state index contributed by atoms with van der Waals surface area (Å²) in [4.78, 5) is 20.1. The van der Waals surface area contributed by atoms with Crippen LogP contribution in [0.5, 0.6) is 0 Å². The van der Waals surface area contributed by atoms with Crippen LogP contribution in [0, 0.1) is 0 Å². The second kappa shape index (κ2) is 8.44. The van der Waals surface area contributed by atoms with Crippen molar-refractivity contribution in [3.05, 3.63) is 18.1 Å². The number of fused-ring (bicyclic) bond motifs is 1. The zero-order valence-corrected chi connectivity index (χ0v) is 16.7. The van der Waals surface area contributed by atoms with Crippen molar-refractivity contribution in [2.75, 3.05) is 50.2 Å². The highest BCUT2D eigenvalue weighted by Crippen LogP contribution is 2.36. The maximum Gasteiger partial charge on any atom is 0.228 e. The minimum atomic E-state index is 0. The molecular formula is C18H23ClN8O2. The van der Waals surface area contributed by atoms with Gasteiger partial charge in [-0.2, -0.15) is 10.1 Å². The highest BCUT2D eigenvalue weighted by molar-refractivity contribution is 5.93. The molecule has 154 valence electrons. The van der Waals surface area contributed by atoms with Gasteiger partial charge < -0.3 is 20.1 Å². The molecule has 2 fully saturated rings. The lowest BCUT2D eigenvalue weighted by Crippen LogP contribution is -2.37. The molecule has 0 saturated carbocycles. The molecule has 0 amide bonds. The average Bonchev–Trinajstić information content (AvgIpc) is 3.19. The molecule has 5 heterocycles. The van der Waals surface area contributed by atoms with Gasteiger partial charge in [-0.3, -0.25) is 5.10 Å². The van der Waals surface area contributed by atoms with Gasteiger partial charge in [0.1, 0.15) is 0 Å². The molecule has 0 unspecified atom stereocenters. The Bertz CT molecular complexity index is 968. The Morgan fingerprint density at radius 2 is 1.69 bits per heavy atom. The third-order valence-corrected chi connectivity index (χ3v) is 5.28. The molecule has 0 spiro atoms. The fraction of sp³-hybridized carbons (Fsp3) is 0.500. The maximum atomic E-state index is 5.68. The number of aromatic amines is 1. The first kappa shape index (κ1) is 19.7. The number of anilines is 2. The van der Waals surface area contributed by atoms with Crippen LogP contribution < -0.4 is 10.6 Å². The fourth-order valence-corrected chi connectivity index (χ4v) is 3.78. The molecule has 0 bridgehead atoms. The number of nitrogens with one attached hydrogen (secondary N) is 1.